The molecule has 36 heavy (non-hydrogen) atoms. The summed E-state index contributed by atoms with van der Waals surface area (Å²) in [4.78, 5) is 38.3. The van der Waals surface area contributed by atoms with E-state index in [0.29, 0.717) is 36.4 Å². The number of hydrogen-bond donors (Lipinski definition) is 2. The summed E-state index contributed by atoms with van der Waals surface area (Å²) >= 11 is 1.44. The molecule has 3 aromatic rings. The van der Waals surface area contributed by atoms with Crippen molar-refractivity contribution in [2.75, 3.05) is 17.2 Å². The van der Waals surface area contributed by atoms with Gasteiger partial charge in [-0.2, -0.15) is 0 Å². The van der Waals surface area contributed by atoms with Gasteiger partial charge in [0, 0.05) is 16.3 Å². The van der Waals surface area contributed by atoms with Gasteiger partial charge in [-0.15, -0.1) is 11.8 Å². The lowest BCUT2D eigenvalue weighted by atomic mass is 10.1. The molecule has 1 atom stereocenters. The van der Waals surface area contributed by atoms with Crippen LogP contribution in [0.2, 0.25) is 0 Å². The fourth-order valence-corrected chi connectivity index (χ4v) is 4.44. The first-order valence-electron chi connectivity index (χ1n) is 12.2. The lowest BCUT2D eigenvalue weighted by molar-refractivity contribution is -0.116. The van der Waals surface area contributed by atoms with E-state index in [9.17, 15) is 14.4 Å². The molecule has 2 amide bonds. The SMILES string of the molecule is CCCCOC(=O)c1ccc(NC(=O)C(CC)Sc2cccc(NC(=O)Cc3ccccc3)c2)cc1. The molecule has 7 heteroatoms. The van der Waals surface area contributed by atoms with Crippen LogP contribution in [0.5, 0.6) is 0 Å². The Bertz CT molecular complexity index is 1150. The van der Waals surface area contributed by atoms with Crippen molar-refractivity contribution in [1.82, 2.24) is 0 Å². The highest BCUT2D eigenvalue weighted by Crippen LogP contribution is 2.28. The number of thioether (sulfide) groups is 1. The molecule has 0 heterocycles. The minimum Gasteiger partial charge on any atom is -0.462 e. The average molecular weight is 505 g/mol. The summed E-state index contributed by atoms with van der Waals surface area (Å²) < 4.78 is 5.22. The summed E-state index contributed by atoms with van der Waals surface area (Å²) in [5.41, 5.74) is 2.71. The number of carbonyl (C=O) groups excluding carboxylic acids is 3. The minimum atomic E-state index is -0.362. The summed E-state index contributed by atoms with van der Waals surface area (Å²) in [6, 6.07) is 23.8. The second-order valence-electron chi connectivity index (χ2n) is 8.31. The molecule has 0 bridgehead atoms. The molecule has 3 aromatic carbocycles. The smallest absolute Gasteiger partial charge is 0.338 e. The number of esters is 1. The number of amides is 2. The van der Waals surface area contributed by atoms with Gasteiger partial charge in [0.25, 0.3) is 0 Å². The van der Waals surface area contributed by atoms with Gasteiger partial charge in [-0.1, -0.05) is 56.7 Å². The van der Waals surface area contributed by atoms with Crippen molar-refractivity contribution < 1.29 is 19.1 Å². The Morgan fingerprint density at radius 2 is 1.61 bits per heavy atom. The van der Waals surface area contributed by atoms with Crippen molar-refractivity contribution in [2.24, 2.45) is 0 Å². The van der Waals surface area contributed by atoms with Gasteiger partial charge < -0.3 is 15.4 Å². The molecule has 188 valence electrons. The Labute approximate surface area is 216 Å². The lowest BCUT2D eigenvalue weighted by Crippen LogP contribution is -2.24. The topological polar surface area (TPSA) is 84.5 Å². The minimum absolute atomic E-state index is 0.0918. The van der Waals surface area contributed by atoms with E-state index in [2.05, 4.69) is 10.6 Å². The van der Waals surface area contributed by atoms with E-state index >= 15 is 0 Å². The third-order valence-electron chi connectivity index (χ3n) is 5.39. The Balaban J connectivity index is 1.55. The molecular weight excluding hydrogens is 472 g/mol. The second kappa shape index (κ2) is 14.1. The van der Waals surface area contributed by atoms with Gasteiger partial charge in [0.15, 0.2) is 0 Å². The van der Waals surface area contributed by atoms with Crippen LogP contribution in [0.3, 0.4) is 0 Å². The number of carbonyl (C=O) groups is 3. The molecule has 0 saturated heterocycles. The highest BCUT2D eigenvalue weighted by Gasteiger charge is 2.19. The van der Waals surface area contributed by atoms with E-state index in [4.69, 9.17) is 4.74 Å². The molecule has 6 nitrogen and oxygen atoms in total. The first-order valence-corrected chi connectivity index (χ1v) is 13.0. The molecule has 0 aliphatic heterocycles. The monoisotopic (exact) mass is 504 g/mol. The van der Waals surface area contributed by atoms with Crippen LogP contribution < -0.4 is 10.6 Å². The van der Waals surface area contributed by atoms with Gasteiger partial charge >= 0.3 is 5.97 Å². The van der Waals surface area contributed by atoms with Crippen LogP contribution >= 0.6 is 11.8 Å². The van der Waals surface area contributed by atoms with Crippen molar-refractivity contribution in [3.8, 4) is 0 Å². The van der Waals surface area contributed by atoms with E-state index in [1.807, 2.05) is 68.4 Å². The molecule has 2 N–H and O–H groups in total. The van der Waals surface area contributed by atoms with Crippen LogP contribution in [0.1, 0.15) is 49.0 Å². The van der Waals surface area contributed by atoms with Gasteiger partial charge in [0.1, 0.15) is 0 Å². The van der Waals surface area contributed by atoms with Gasteiger partial charge in [-0.3, -0.25) is 9.59 Å². The highest BCUT2D eigenvalue weighted by molar-refractivity contribution is 8.00. The van der Waals surface area contributed by atoms with Crippen molar-refractivity contribution >= 4 is 40.9 Å². The van der Waals surface area contributed by atoms with E-state index in [1.54, 1.807) is 24.3 Å². The highest BCUT2D eigenvalue weighted by atomic mass is 32.2. The first-order chi connectivity index (χ1) is 17.5. The standard InChI is InChI=1S/C29H32N2O4S/c1-3-5-18-35-29(34)22-14-16-23(17-15-22)31-28(33)26(4-2)36-25-13-9-12-24(20-25)30-27(32)19-21-10-7-6-8-11-21/h6-17,20,26H,3-5,18-19H2,1-2H3,(H,30,32)(H,31,33). The number of nitrogens with one attached hydrogen (secondary N) is 2. The molecule has 3 rings (SSSR count). The third-order valence-corrected chi connectivity index (χ3v) is 6.74. The third kappa shape index (κ3) is 8.57. The zero-order valence-corrected chi connectivity index (χ0v) is 21.5. The zero-order valence-electron chi connectivity index (χ0n) is 20.7. The largest absolute Gasteiger partial charge is 0.462 e. The quantitative estimate of drug-likeness (QED) is 0.171. The maximum atomic E-state index is 12.9. The average Bonchev–Trinajstić information content (AvgIpc) is 2.88. The van der Waals surface area contributed by atoms with E-state index in [0.717, 1.165) is 23.3 Å². The Kier molecular flexibility index (Phi) is 10.6. The lowest BCUT2D eigenvalue weighted by Gasteiger charge is -2.16. The van der Waals surface area contributed by atoms with Crippen molar-refractivity contribution in [3.05, 3.63) is 90.0 Å². The molecule has 1 unspecified atom stereocenters. The Morgan fingerprint density at radius 1 is 0.861 bits per heavy atom. The zero-order chi connectivity index (χ0) is 25.8. The van der Waals surface area contributed by atoms with Crippen LogP contribution in [-0.2, 0) is 20.7 Å². The summed E-state index contributed by atoms with van der Waals surface area (Å²) in [6.07, 6.45) is 2.72. The van der Waals surface area contributed by atoms with Gasteiger partial charge in [-0.05, 0) is 60.9 Å². The fourth-order valence-electron chi connectivity index (χ4n) is 3.43. The van der Waals surface area contributed by atoms with Crippen LogP contribution in [0.15, 0.2) is 83.8 Å². The number of rotatable bonds is 12. The predicted octanol–water partition coefficient (Wildman–Crippen LogP) is 6.33. The second-order valence-corrected chi connectivity index (χ2v) is 9.59. The number of anilines is 2. The molecule has 0 aromatic heterocycles. The van der Waals surface area contributed by atoms with Crippen LogP contribution in [0, 0.1) is 0 Å². The van der Waals surface area contributed by atoms with E-state index in [-0.39, 0.29) is 23.0 Å². The maximum absolute atomic E-state index is 12.9. The molecule has 0 aliphatic carbocycles. The normalized spacial score (nSPS) is 11.4. The Hall–Kier alpha value is -3.58. The van der Waals surface area contributed by atoms with Crippen molar-refractivity contribution in [1.29, 1.82) is 0 Å². The molecule has 0 radical (unpaired) electrons. The summed E-state index contributed by atoms with van der Waals surface area (Å²) in [5, 5.41) is 5.53. The van der Waals surface area contributed by atoms with E-state index < -0.39 is 0 Å². The summed E-state index contributed by atoms with van der Waals surface area (Å²) in [6.45, 7) is 4.40. The summed E-state index contributed by atoms with van der Waals surface area (Å²) in [5.74, 6) is -0.579. The summed E-state index contributed by atoms with van der Waals surface area (Å²) in [7, 11) is 0. The molecule has 0 fully saturated rings. The van der Waals surface area contributed by atoms with Gasteiger partial charge in [0.2, 0.25) is 11.8 Å². The fraction of sp³-hybridized carbons (Fsp3) is 0.276. The van der Waals surface area contributed by atoms with E-state index in [1.165, 1.54) is 11.8 Å². The van der Waals surface area contributed by atoms with Gasteiger partial charge in [-0.25, -0.2) is 4.79 Å². The van der Waals surface area contributed by atoms with Crippen molar-refractivity contribution in [3.63, 3.8) is 0 Å². The first kappa shape index (κ1) is 27.0. The number of benzene rings is 3. The molecule has 0 spiro atoms. The van der Waals surface area contributed by atoms with Crippen LogP contribution in [0.4, 0.5) is 11.4 Å². The van der Waals surface area contributed by atoms with Gasteiger partial charge in [0.05, 0.1) is 23.8 Å². The molecular formula is C29H32N2O4S. The van der Waals surface area contributed by atoms with Crippen molar-refractivity contribution in [2.45, 2.75) is 49.7 Å². The number of hydrogen-bond acceptors (Lipinski definition) is 5. The van der Waals surface area contributed by atoms with Crippen LogP contribution in [-0.4, -0.2) is 29.6 Å². The maximum Gasteiger partial charge on any atom is 0.338 e. The number of unbranched alkanes of at least 4 members (excludes halogenated alkanes) is 1. The predicted molar refractivity (Wildman–Crippen MR) is 145 cm³/mol. The molecule has 0 saturated carbocycles. The Morgan fingerprint density at radius 3 is 2.31 bits per heavy atom. The molecule has 0 aliphatic rings. The number of ether oxygens (including phenoxy) is 1. The van der Waals surface area contributed by atoms with Crippen LogP contribution in [0.25, 0.3) is 0 Å².